The number of amides is 2. The zero-order chi connectivity index (χ0) is 19.1. The molecule has 2 rings (SSSR count). The highest BCUT2D eigenvalue weighted by atomic mass is 16.5. The van der Waals surface area contributed by atoms with Crippen LogP contribution in [0, 0.1) is 0 Å². The number of benzene rings is 2. The number of para-hydroxylation sites is 1. The maximum atomic E-state index is 12.5. The topological polar surface area (TPSA) is 67.4 Å². The SMILES string of the molecule is CCC(C)NC(=O)c1ccccc1NC(=O)c1ccc(OC(C)C)cc1. The van der Waals surface area contributed by atoms with Crippen LogP contribution in [0.4, 0.5) is 5.69 Å². The number of anilines is 1. The van der Waals surface area contributed by atoms with Gasteiger partial charge >= 0.3 is 0 Å². The number of carbonyl (C=O) groups excluding carboxylic acids is 2. The Kier molecular flexibility index (Phi) is 6.78. The number of rotatable bonds is 7. The molecule has 0 saturated heterocycles. The maximum Gasteiger partial charge on any atom is 0.255 e. The van der Waals surface area contributed by atoms with Crippen molar-refractivity contribution in [2.24, 2.45) is 0 Å². The first-order valence-corrected chi connectivity index (χ1v) is 8.88. The fourth-order valence-corrected chi connectivity index (χ4v) is 2.35. The number of hydrogen-bond donors (Lipinski definition) is 2. The predicted molar refractivity (Wildman–Crippen MR) is 104 cm³/mol. The minimum Gasteiger partial charge on any atom is -0.491 e. The van der Waals surface area contributed by atoms with Crippen LogP contribution in [0.25, 0.3) is 0 Å². The molecule has 0 aliphatic heterocycles. The lowest BCUT2D eigenvalue weighted by Gasteiger charge is -2.15. The van der Waals surface area contributed by atoms with Crippen LogP contribution >= 0.6 is 0 Å². The summed E-state index contributed by atoms with van der Waals surface area (Å²) >= 11 is 0. The van der Waals surface area contributed by atoms with Gasteiger partial charge in [-0.05, 0) is 63.6 Å². The highest BCUT2D eigenvalue weighted by Gasteiger charge is 2.15. The Hall–Kier alpha value is -2.82. The van der Waals surface area contributed by atoms with E-state index >= 15 is 0 Å². The molecule has 0 radical (unpaired) electrons. The fraction of sp³-hybridized carbons (Fsp3) is 0.333. The molecule has 0 spiro atoms. The second-order valence-electron chi connectivity index (χ2n) is 6.47. The molecule has 0 aliphatic carbocycles. The fourth-order valence-electron chi connectivity index (χ4n) is 2.35. The smallest absolute Gasteiger partial charge is 0.255 e. The Labute approximate surface area is 154 Å². The third-order valence-electron chi connectivity index (χ3n) is 3.90. The van der Waals surface area contributed by atoms with Crippen LogP contribution in [-0.2, 0) is 0 Å². The Morgan fingerprint density at radius 1 is 0.962 bits per heavy atom. The van der Waals surface area contributed by atoms with Crippen LogP contribution in [0.3, 0.4) is 0 Å². The van der Waals surface area contributed by atoms with Crippen LogP contribution in [0.15, 0.2) is 48.5 Å². The molecule has 1 atom stereocenters. The predicted octanol–water partition coefficient (Wildman–Crippen LogP) is 4.25. The first-order valence-electron chi connectivity index (χ1n) is 8.88. The van der Waals surface area contributed by atoms with Crippen molar-refractivity contribution in [1.29, 1.82) is 0 Å². The molecule has 5 heteroatoms. The van der Waals surface area contributed by atoms with E-state index < -0.39 is 0 Å². The van der Waals surface area contributed by atoms with Gasteiger partial charge < -0.3 is 15.4 Å². The summed E-state index contributed by atoms with van der Waals surface area (Å²) < 4.78 is 5.58. The van der Waals surface area contributed by atoms with E-state index in [2.05, 4.69) is 10.6 Å². The molecular weight excluding hydrogens is 328 g/mol. The quantitative estimate of drug-likeness (QED) is 0.781. The van der Waals surface area contributed by atoms with Crippen molar-refractivity contribution in [2.45, 2.75) is 46.3 Å². The summed E-state index contributed by atoms with van der Waals surface area (Å²) in [7, 11) is 0. The third kappa shape index (κ3) is 5.34. The van der Waals surface area contributed by atoms with E-state index in [9.17, 15) is 9.59 Å². The molecule has 138 valence electrons. The summed E-state index contributed by atoms with van der Waals surface area (Å²) in [4.78, 5) is 24.9. The van der Waals surface area contributed by atoms with Gasteiger partial charge in [0.15, 0.2) is 0 Å². The van der Waals surface area contributed by atoms with Gasteiger partial charge in [-0.15, -0.1) is 0 Å². The van der Waals surface area contributed by atoms with Crippen molar-refractivity contribution in [3.05, 3.63) is 59.7 Å². The molecule has 0 aromatic heterocycles. The summed E-state index contributed by atoms with van der Waals surface area (Å²) in [5.74, 6) is 0.241. The van der Waals surface area contributed by atoms with Crippen LogP contribution in [0.2, 0.25) is 0 Å². The number of nitrogens with one attached hydrogen (secondary N) is 2. The van der Waals surface area contributed by atoms with Crippen molar-refractivity contribution >= 4 is 17.5 Å². The molecule has 2 aromatic carbocycles. The first-order chi connectivity index (χ1) is 12.4. The number of ether oxygens (including phenoxy) is 1. The van der Waals surface area contributed by atoms with Crippen LogP contribution in [0.5, 0.6) is 5.75 Å². The van der Waals surface area contributed by atoms with E-state index in [0.29, 0.717) is 22.6 Å². The monoisotopic (exact) mass is 354 g/mol. The molecule has 0 heterocycles. The van der Waals surface area contributed by atoms with Gasteiger partial charge in [0.25, 0.3) is 11.8 Å². The molecular formula is C21H26N2O3. The Balaban J connectivity index is 2.13. The summed E-state index contributed by atoms with van der Waals surface area (Å²) in [5.41, 5.74) is 1.43. The van der Waals surface area contributed by atoms with Crippen molar-refractivity contribution in [3.63, 3.8) is 0 Å². The van der Waals surface area contributed by atoms with Gasteiger partial charge in [0.2, 0.25) is 0 Å². The van der Waals surface area contributed by atoms with E-state index in [1.54, 1.807) is 48.5 Å². The Morgan fingerprint density at radius 3 is 2.23 bits per heavy atom. The molecule has 2 aromatic rings. The molecule has 26 heavy (non-hydrogen) atoms. The van der Waals surface area contributed by atoms with Crippen molar-refractivity contribution in [1.82, 2.24) is 5.32 Å². The Morgan fingerprint density at radius 2 is 1.62 bits per heavy atom. The van der Waals surface area contributed by atoms with Crippen molar-refractivity contribution < 1.29 is 14.3 Å². The largest absolute Gasteiger partial charge is 0.491 e. The molecule has 2 N–H and O–H groups in total. The highest BCUT2D eigenvalue weighted by molar-refractivity contribution is 6.09. The zero-order valence-electron chi connectivity index (χ0n) is 15.7. The Bertz CT molecular complexity index is 754. The second-order valence-corrected chi connectivity index (χ2v) is 6.47. The van der Waals surface area contributed by atoms with Gasteiger partial charge in [-0.1, -0.05) is 19.1 Å². The summed E-state index contributed by atoms with van der Waals surface area (Å²) in [6, 6.07) is 14.0. The maximum absolute atomic E-state index is 12.5. The van der Waals surface area contributed by atoms with E-state index in [4.69, 9.17) is 4.74 Å². The van der Waals surface area contributed by atoms with Crippen molar-refractivity contribution in [3.8, 4) is 5.75 Å². The van der Waals surface area contributed by atoms with E-state index in [0.717, 1.165) is 6.42 Å². The molecule has 2 amide bonds. The minimum absolute atomic E-state index is 0.0692. The summed E-state index contributed by atoms with van der Waals surface area (Å²) in [6.07, 6.45) is 0.913. The van der Waals surface area contributed by atoms with E-state index in [-0.39, 0.29) is 24.0 Å². The number of hydrogen-bond acceptors (Lipinski definition) is 3. The van der Waals surface area contributed by atoms with Gasteiger partial charge in [0, 0.05) is 11.6 Å². The van der Waals surface area contributed by atoms with Gasteiger partial charge in [0.1, 0.15) is 5.75 Å². The molecule has 0 saturated carbocycles. The molecule has 0 fully saturated rings. The lowest BCUT2D eigenvalue weighted by Crippen LogP contribution is -2.32. The molecule has 0 aliphatic rings. The molecule has 1 unspecified atom stereocenters. The summed E-state index contributed by atoms with van der Waals surface area (Å²) in [5, 5.41) is 5.74. The van der Waals surface area contributed by atoms with Gasteiger partial charge in [0.05, 0.1) is 17.4 Å². The minimum atomic E-state index is -0.273. The highest BCUT2D eigenvalue weighted by Crippen LogP contribution is 2.18. The average Bonchev–Trinajstić information content (AvgIpc) is 2.62. The first kappa shape index (κ1) is 19.5. The number of carbonyl (C=O) groups is 2. The standard InChI is InChI=1S/C21H26N2O3/c1-5-15(4)22-21(25)18-8-6-7-9-19(18)23-20(24)16-10-12-17(13-11-16)26-14(2)3/h6-15H,5H2,1-4H3,(H,22,25)(H,23,24). The second kappa shape index (κ2) is 9.04. The van der Waals surface area contributed by atoms with Crippen LogP contribution in [-0.4, -0.2) is 24.0 Å². The van der Waals surface area contributed by atoms with Gasteiger partial charge in [-0.2, -0.15) is 0 Å². The normalized spacial score (nSPS) is 11.7. The van der Waals surface area contributed by atoms with Gasteiger partial charge in [-0.25, -0.2) is 0 Å². The third-order valence-corrected chi connectivity index (χ3v) is 3.90. The lowest BCUT2D eigenvalue weighted by atomic mass is 10.1. The summed E-state index contributed by atoms with van der Waals surface area (Å²) in [6.45, 7) is 7.84. The van der Waals surface area contributed by atoms with Gasteiger partial charge in [-0.3, -0.25) is 9.59 Å². The van der Waals surface area contributed by atoms with E-state index in [1.807, 2.05) is 27.7 Å². The van der Waals surface area contributed by atoms with Crippen molar-refractivity contribution in [2.75, 3.05) is 5.32 Å². The van der Waals surface area contributed by atoms with Crippen LogP contribution < -0.4 is 15.4 Å². The van der Waals surface area contributed by atoms with E-state index in [1.165, 1.54) is 0 Å². The average molecular weight is 354 g/mol. The molecule has 5 nitrogen and oxygen atoms in total. The zero-order valence-corrected chi connectivity index (χ0v) is 15.7. The van der Waals surface area contributed by atoms with Crippen LogP contribution in [0.1, 0.15) is 54.8 Å². The lowest BCUT2D eigenvalue weighted by molar-refractivity contribution is 0.0940. The molecule has 0 bridgehead atoms.